The van der Waals surface area contributed by atoms with Crippen LogP contribution >= 0.6 is 21.8 Å². The van der Waals surface area contributed by atoms with Crippen molar-refractivity contribution in [3.63, 3.8) is 0 Å². The Bertz CT molecular complexity index is 1110. The number of carbonyl (C=O) groups is 2. The van der Waals surface area contributed by atoms with Crippen molar-refractivity contribution in [3.05, 3.63) is 21.9 Å². The number of fused-ring (bicyclic) bond motifs is 1. The molecule has 0 radical (unpaired) electrons. The number of thiophene rings is 1. The van der Waals surface area contributed by atoms with Crippen LogP contribution in [0.4, 0.5) is 5.69 Å². The average molecular weight is 560 g/mol. The molecule has 0 bridgehead atoms. The normalized spacial score (nSPS) is 30.6. The van der Waals surface area contributed by atoms with Crippen LogP contribution in [0.1, 0.15) is 106 Å². The predicted octanol–water partition coefficient (Wildman–Crippen LogP) is 6.11. The van der Waals surface area contributed by atoms with E-state index in [9.17, 15) is 9.59 Å². The Kier molecular flexibility index (Phi) is 8.56. The zero-order chi connectivity index (χ0) is 27.0. The number of allylic oxidation sites excluding steroid dienone is 2. The Hall–Kier alpha value is -1.44. The Morgan fingerprint density at radius 3 is 2.47 bits per heavy atom. The van der Waals surface area contributed by atoms with E-state index in [2.05, 4.69) is 31.0 Å². The van der Waals surface area contributed by atoms with Gasteiger partial charge in [-0.15, -0.1) is 11.3 Å². The Morgan fingerprint density at radius 2 is 1.84 bits per heavy atom. The van der Waals surface area contributed by atoms with Gasteiger partial charge in [0.1, 0.15) is 10.8 Å². The molecule has 0 amide bonds. The number of likely N-dealkylation sites (tertiary alicyclic amines) is 1. The van der Waals surface area contributed by atoms with E-state index in [1.807, 2.05) is 20.8 Å². The molecule has 4 aliphatic rings. The third-order valence-electron chi connectivity index (χ3n) is 8.94. The highest BCUT2D eigenvalue weighted by Crippen LogP contribution is 2.48. The highest BCUT2D eigenvalue weighted by atomic mass is 32.2. The summed E-state index contributed by atoms with van der Waals surface area (Å²) in [5, 5.41) is 0.206. The second-order valence-electron chi connectivity index (χ2n) is 13.1. The number of hydrogen-bond donors (Lipinski definition) is 1. The summed E-state index contributed by atoms with van der Waals surface area (Å²) in [6.07, 6.45) is 14.1. The zero-order valence-corrected chi connectivity index (χ0v) is 25.7. The number of piperidine rings is 1. The maximum Gasteiger partial charge on any atom is 0.312 e. The fraction of sp³-hybridized carbons (Fsp3) is 0.710. The maximum atomic E-state index is 14.3. The first-order chi connectivity index (χ1) is 18.1. The number of hydrogen-bond acceptors (Lipinski definition) is 5. The fourth-order valence-corrected chi connectivity index (χ4v) is 10.0. The number of anilines is 1. The lowest BCUT2D eigenvalue weighted by Crippen LogP contribution is -3.10. The molecule has 38 heavy (non-hydrogen) atoms. The van der Waals surface area contributed by atoms with Crippen molar-refractivity contribution in [2.24, 2.45) is 17.3 Å². The van der Waals surface area contributed by atoms with Crippen LogP contribution in [0.15, 0.2) is 12.1 Å². The topological polar surface area (TPSA) is 51.1 Å². The summed E-state index contributed by atoms with van der Waals surface area (Å²) in [4.78, 5) is 34.9. The molecule has 7 heteroatoms. The van der Waals surface area contributed by atoms with Gasteiger partial charge in [0.25, 0.3) is 0 Å². The highest BCUT2D eigenvalue weighted by molar-refractivity contribution is 8.29. The summed E-state index contributed by atoms with van der Waals surface area (Å²) in [5.41, 5.74) is 2.00. The summed E-state index contributed by atoms with van der Waals surface area (Å²) in [7, 11) is 1.55. The van der Waals surface area contributed by atoms with Crippen molar-refractivity contribution >= 4 is 49.2 Å². The fourth-order valence-electron chi connectivity index (χ4n) is 6.45. The van der Waals surface area contributed by atoms with Gasteiger partial charge in [-0.05, 0) is 76.9 Å². The second-order valence-corrected chi connectivity index (χ2v) is 16.0. The zero-order valence-electron chi connectivity index (χ0n) is 24.1. The molecule has 1 atom stereocenters. The number of nitrogens with one attached hydrogen (secondary N) is 1. The van der Waals surface area contributed by atoms with Gasteiger partial charge >= 0.3 is 5.97 Å². The molecular formula is C31H47N2O3S2+. The summed E-state index contributed by atoms with van der Waals surface area (Å²) >= 11 is 1.70. The monoisotopic (exact) mass is 559 g/mol. The SMILES string of the molecule is CC1CCC(C2=S(COC(=O)C(C)(C)C)C(=O)c3sc(C4=CCCCC4)cc3N2C2CC[NH+](C)CC2)CC1. The number of nitrogens with zero attached hydrogens (tertiary/aromatic N) is 1. The number of quaternary nitrogens is 1. The molecule has 0 aromatic carbocycles. The molecule has 1 unspecified atom stereocenters. The lowest BCUT2D eigenvalue weighted by atomic mass is 9.82. The smallest absolute Gasteiger partial charge is 0.312 e. The van der Waals surface area contributed by atoms with Crippen LogP contribution in [-0.4, -0.2) is 48.2 Å². The summed E-state index contributed by atoms with van der Waals surface area (Å²) in [6, 6.07) is 2.77. The van der Waals surface area contributed by atoms with Crippen LogP contribution in [0.25, 0.3) is 5.57 Å². The second kappa shape index (κ2) is 11.6. The van der Waals surface area contributed by atoms with Gasteiger partial charge in [-0.2, -0.15) is 0 Å². The van der Waals surface area contributed by atoms with E-state index in [1.54, 1.807) is 16.2 Å². The van der Waals surface area contributed by atoms with Gasteiger partial charge in [0.2, 0.25) is 5.12 Å². The van der Waals surface area contributed by atoms with E-state index in [0.717, 1.165) is 68.1 Å². The van der Waals surface area contributed by atoms with E-state index in [4.69, 9.17) is 4.74 Å². The molecule has 5 rings (SSSR count). The van der Waals surface area contributed by atoms with Crippen LogP contribution in [-0.2, 0) is 9.53 Å². The first-order valence-corrected chi connectivity index (χ1v) is 17.1. The van der Waals surface area contributed by atoms with Crippen LogP contribution < -0.4 is 9.80 Å². The predicted molar refractivity (Wildman–Crippen MR) is 161 cm³/mol. The van der Waals surface area contributed by atoms with E-state index < -0.39 is 15.9 Å². The van der Waals surface area contributed by atoms with Crippen LogP contribution in [0, 0.1) is 17.3 Å². The van der Waals surface area contributed by atoms with E-state index >= 15 is 0 Å². The van der Waals surface area contributed by atoms with E-state index in [1.165, 1.54) is 41.1 Å². The molecule has 2 fully saturated rings. The largest absolute Gasteiger partial charge is 0.454 e. The number of esters is 1. The van der Waals surface area contributed by atoms with E-state index in [0.29, 0.717) is 12.0 Å². The minimum atomic E-state index is -0.740. The van der Waals surface area contributed by atoms with Gasteiger partial charge in [0.05, 0.1) is 36.2 Å². The molecule has 1 aromatic heterocycles. The Labute approximate surface area is 235 Å². The quantitative estimate of drug-likeness (QED) is 0.349. The number of ether oxygens (including phenoxy) is 1. The minimum Gasteiger partial charge on any atom is -0.454 e. The third-order valence-corrected chi connectivity index (χ3v) is 12.3. The van der Waals surface area contributed by atoms with Gasteiger partial charge in [-0.3, -0.25) is 9.59 Å². The third kappa shape index (κ3) is 5.85. The summed E-state index contributed by atoms with van der Waals surface area (Å²) in [5.74, 6) is 1.12. The average Bonchev–Trinajstić information content (AvgIpc) is 3.35. The lowest BCUT2D eigenvalue weighted by molar-refractivity contribution is -0.884. The first kappa shape index (κ1) is 28.1. The molecule has 3 heterocycles. The molecule has 1 saturated heterocycles. The molecular weight excluding hydrogens is 512 g/mol. The molecule has 1 saturated carbocycles. The number of rotatable bonds is 5. The van der Waals surface area contributed by atoms with Gasteiger partial charge < -0.3 is 14.5 Å². The first-order valence-electron chi connectivity index (χ1n) is 14.9. The maximum absolute atomic E-state index is 14.3. The van der Waals surface area contributed by atoms with Gasteiger partial charge in [-0.1, -0.05) is 36.3 Å². The van der Waals surface area contributed by atoms with Gasteiger partial charge in [0, 0.05) is 29.7 Å². The standard InChI is InChI=1S/C31H46N2O3S2/c1-21-11-13-23(14-12-21)28-33(24-15-17-32(5)18-16-24)25-19-26(22-9-7-6-8-10-22)37-27(25)29(34)38(28)20-36-30(35)31(2,3)4/h9,19,21,23-24H,6-8,10-18,20H2,1-5H3/p+1. The lowest BCUT2D eigenvalue weighted by Gasteiger charge is -2.45. The molecule has 210 valence electrons. The van der Waals surface area contributed by atoms with Crippen molar-refractivity contribution in [2.75, 3.05) is 31.0 Å². The summed E-state index contributed by atoms with van der Waals surface area (Å²) in [6.45, 7) is 10.4. The van der Waals surface area contributed by atoms with Crippen molar-refractivity contribution in [1.82, 2.24) is 0 Å². The van der Waals surface area contributed by atoms with Crippen molar-refractivity contribution in [1.29, 1.82) is 0 Å². The molecule has 5 nitrogen and oxygen atoms in total. The van der Waals surface area contributed by atoms with Gasteiger partial charge in [-0.25, -0.2) is 0 Å². The Morgan fingerprint density at radius 1 is 1.13 bits per heavy atom. The van der Waals surface area contributed by atoms with Crippen LogP contribution in [0.2, 0.25) is 0 Å². The van der Waals surface area contributed by atoms with Crippen molar-refractivity contribution < 1.29 is 19.2 Å². The molecule has 1 N–H and O–H groups in total. The molecule has 2 aliphatic carbocycles. The van der Waals surface area contributed by atoms with Crippen LogP contribution in [0.3, 0.4) is 0 Å². The van der Waals surface area contributed by atoms with E-state index in [-0.39, 0.29) is 17.0 Å². The molecule has 0 spiro atoms. The van der Waals surface area contributed by atoms with Crippen molar-refractivity contribution in [3.8, 4) is 0 Å². The number of carbonyl (C=O) groups excluding carboxylic acids is 2. The van der Waals surface area contributed by atoms with Crippen LogP contribution in [0.5, 0.6) is 0 Å². The molecule has 1 aromatic rings. The highest BCUT2D eigenvalue weighted by Gasteiger charge is 2.42. The minimum absolute atomic E-state index is 0.195. The Balaban J connectivity index is 1.60. The summed E-state index contributed by atoms with van der Waals surface area (Å²) < 4.78 is 5.94. The van der Waals surface area contributed by atoms with Crippen molar-refractivity contribution in [2.45, 2.75) is 97.9 Å². The molecule has 2 aliphatic heterocycles. The van der Waals surface area contributed by atoms with Gasteiger partial charge in [0.15, 0.2) is 0 Å².